The Morgan fingerprint density at radius 1 is 1.14 bits per heavy atom. The standard InChI is InChI=1S/C16H17FN2O2/c1-11(18-12-7-9-13(21-2)10-8-12)16(20)19-15-6-4-3-5-14(15)17/h3-11,18H,1-2H3,(H,19,20)/t11-/m0/s1. The molecule has 0 aliphatic rings. The van der Waals surface area contributed by atoms with Gasteiger partial charge in [0.15, 0.2) is 0 Å². The fraction of sp³-hybridized carbons (Fsp3) is 0.188. The van der Waals surface area contributed by atoms with Crippen LogP contribution in [0, 0.1) is 5.82 Å². The van der Waals surface area contributed by atoms with Crippen LogP contribution in [-0.4, -0.2) is 19.1 Å². The Kier molecular flexibility index (Phi) is 4.77. The summed E-state index contributed by atoms with van der Waals surface area (Å²) in [5, 5.41) is 5.59. The molecule has 0 aliphatic heterocycles. The van der Waals surface area contributed by atoms with Crippen molar-refractivity contribution < 1.29 is 13.9 Å². The molecule has 0 unspecified atom stereocenters. The summed E-state index contributed by atoms with van der Waals surface area (Å²) in [6.07, 6.45) is 0. The predicted octanol–water partition coefficient (Wildman–Crippen LogP) is 3.27. The van der Waals surface area contributed by atoms with E-state index >= 15 is 0 Å². The highest BCUT2D eigenvalue weighted by Gasteiger charge is 2.14. The zero-order valence-corrected chi connectivity index (χ0v) is 11.9. The van der Waals surface area contributed by atoms with Crippen molar-refractivity contribution in [3.8, 4) is 5.75 Å². The molecule has 0 saturated carbocycles. The second kappa shape index (κ2) is 6.74. The van der Waals surface area contributed by atoms with E-state index in [9.17, 15) is 9.18 Å². The second-order valence-corrected chi connectivity index (χ2v) is 4.56. The van der Waals surface area contributed by atoms with Gasteiger partial charge in [-0.1, -0.05) is 12.1 Å². The zero-order valence-electron chi connectivity index (χ0n) is 11.9. The average molecular weight is 288 g/mol. The number of carbonyl (C=O) groups excluding carboxylic acids is 1. The highest BCUT2D eigenvalue weighted by molar-refractivity contribution is 5.96. The summed E-state index contributed by atoms with van der Waals surface area (Å²) in [6.45, 7) is 1.71. The van der Waals surface area contributed by atoms with Crippen molar-refractivity contribution in [3.63, 3.8) is 0 Å². The van der Waals surface area contributed by atoms with E-state index in [-0.39, 0.29) is 11.6 Å². The van der Waals surface area contributed by atoms with Crippen LogP contribution in [0.5, 0.6) is 5.75 Å². The van der Waals surface area contributed by atoms with Gasteiger partial charge in [-0.25, -0.2) is 4.39 Å². The van der Waals surface area contributed by atoms with Crippen molar-refractivity contribution in [1.29, 1.82) is 0 Å². The van der Waals surface area contributed by atoms with Crippen molar-refractivity contribution in [3.05, 3.63) is 54.3 Å². The van der Waals surface area contributed by atoms with Crippen LogP contribution in [0.2, 0.25) is 0 Å². The minimum Gasteiger partial charge on any atom is -0.497 e. The molecule has 0 radical (unpaired) electrons. The molecule has 1 atom stereocenters. The number of benzene rings is 2. The minimum atomic E-state index is -0.502. The third kappa shape index (κ3) is 3.95. The van der Waals surface area contributed by atoms with Gasteiger partial charge in [0.1, 0.15) is 17.6 Å². The van der Waals surface area contributed by atoms with Gasteiger partial charge in [-0.15, -0.1) is 0 Å². The largest absolute Gasteiger partial charge is 0.497 e. The second-order valence-electron chi connectivity index (χ2n) is 4.56. The molecule has 0 heterocycles. The van der Waals surface area contributed by atoms with Gasteiger partial charge in [0.2, 0.25) is 5.91 Å². The predicted molar refractivity (Wildman–Crippen MR) is 81.1 cm³/mol. The lowest BCUT2D eigenvalue weighted by atomic mass is 10.2. The Morgan fingerprint density at radius 3 is 2.43 bits per heavy atom. The van der Waals surface area contributed by atoms with Crippen LogP contribution in [0.3, 0.4) is 0 Å². The highest BCUT2D eigenvalue weighted by Crippen LogP contribution is 2.17. The first-order valence-corrected chi connectivity index (χ1v) is 6.56. The SMILES string of the molecule is COc1ccc(N[C@@H](C)C(=O)Nc2ccccc2F)cc1. The molecule has 0 bridgehead atoms. The smallest absolute Gasteiger partial charge is 0.246 e. The van der Waals surface area contributed by atoms with Crippen LogP contribution in [0.1, 0.15) is 6.92 Å². The van der Waals surface area contributed by atoms with E-state index in [0.29, 0.717) is 0 Å². The van der Waals surface area contributed by atoms with Crippen LogP contribution >= 0.6 is 0 Å². The van der Waals surface area contributed by atoms with Gasteiger partial charge in [0.25, 0.3) is 0 Å². The molecule has 0 fully saturated rings. The molecule has 5 heteroatoms. The fourth-order valence-corrected chi connectivity index (χ4v) is 1.81. The molecule has 0 aromatic heterocycles. The highest BCUT2D eigenvalue weighted by atomic mass is 19.1. The fourth-order valence-electron chi connectivity index (χ4n) is 1.81. The Balaban J connectivity index is 1.97. The topological polar surface area (TPSA) is 50.4 Å². The van der Waals surface area contributed by atoms with Crippen LogP contribution in [0.4, 0.5) is 15.8 Å². The zero-order chi connectivity index (χ0) is 15.2. The van der Waals surface area contributed by atoms with E-state index in [1.165, 1.54) is 12.1 Å². The number of halogens is 1. The van der Waals surface area contributed by atoms with Gasteiger partial charge >= 0.3 is 0 Å². The van der Waals surface area contributed by atoms with E-state index in [2.05, 4.69) is 10.6 Å². The van der Waals surface area contributed by atoms with Crippen LogP contribution < -0.4 is 15.4 Å². The lowest BCUT2D eigenvalue weighted by Crippen LogP contribution is -2.32. The maximum atomic E-state index is 13.5. The van der Waals surface area contributed by atoms with E-state index in [1.807, 2.05) is 12.1 Å². The summed E-state index contributed by atoms with van der Waals surface area (Å²) in [5.41, 5.74) is 0.956. The summed E-state index contributed by atoms with van der Waals surface area (Å²) >= 11 is 0. The Bertz CT molecular complexity index is 614. The summed E-state index contributed by atoms with van der Waals surface area (Å²) in [4.78, 5) is 12.0. The first-order valence-electron chi connectivity index (χ1n) is 6.56. The number of rotatable bonds is 5. The first-order chi connectivity index (χ1) is 10.1. The normalized spacial score (nSPS) is 11.6. The van der Waals surface area contributed by atoms with Crippen molar-refractivity contribution >= 4 is 17.3 Å². The minimum absolute atomic E-state index is 0.172. The van der Waals surface area contributed by atoms with Crippen molar-refractivity contribution in [1.82, 2.24) is 0 Å². The lowest BCUT2D eigenvalue weighted by Gasteiger charge is -2.15. The maximum absolute atomic E-state index is 13.5. The first kappa shape index (κ1) is 14.8. The number of hydrogen-bond acceptors (Lipinski definition) is 3. The Labute approximate surface area is 122 Å². The van der Waals surface area contributed by atoms with Crippen molar-refractivity contribution in [2.75, 3.05) is 17.7 Å². The number of amides is 1. The number of para-hydroxylation sites is 1. The van der Waals surface area contributed by atoms with Crippen LogP contribution in [0.25, 0.3) is 0 Å². The number of anilines is 2. The van der Waals surface area contributed by atoms with E-state index in [4.69, 9.17) is 4.74 Å². The molecule has 4 nitrogen and oxygen atoms in total. The number of carbonyl (C=O) groups is 1. The Hall–Kier alpha value is -2.56. The number of methoxy groups -OCH3 is 1. The average Bonchev–Trinajstić information content (AvgIpc) is 2.50. The third-order valence-electron chi connectivity index (χ3n) is 3.00. The summed E-state index contributed by atoms with van der Waals surface area (Å²) < 4.78 is 18.5. The maximum Gasteiger partial charge on any atom is 0.246 e. The van der Waals surface area contributed by atoms with Crippen molar-refractivity contribution in [2.24, 2.45) is 0 Å². The monoisotopic (exact) mass is 288 g/mol. The van der Waals surface area contributed by atoms with Gasteiger partial charge in [0, 0.05) is 5.69 Å². The molecule has 2 aromatic carbocycles. The molecule has 1 amide bonds. The molecule has 2 N–H and O–H groups in total. The third-order valence-corrected chi connectivity index (χ3v) is 3.00. The summed E-state index contributed by atoms with van der Waals surface area (Å²) in [6, 6.07) is 12.8. The molecule has 0 spiro atoms. The number of ether oxygens (including phenoxy) is 1. The number of nitrogens with one attached hydrogen (secondary N) is 2. The molecule has 110 valence electrons. The van der Waals surface area contributed by atoms with Gasteiger partial charge in [-0.3, -0.25) is 4.79 Å². The summed E-state index contributed by atoms with van der Waals surface area (Å²) in [7, 11) is 1.59. The molecular formula is C16H17FN2O2. The van der Waals surface area contributed by atoms with Crippen LogP contribution in [0.15, 0.2) is 48.5 Å². The van der Waals surface area contributed by atoms with Gasteiger partial charge in [0.05, 0.1) is 12.8 Å². The lowest BCUT2D eigenvalue weighted by molar-refractivity contribution is -0.116. The molecule has 21 heavy (non-hydrogen) atoms. The summed E-state index contributed by atoms with van der Waals surface area (Å²) in [5.74, 6) is -0.0255. The molecule has 2 aromatic rings. The van der Waals surface area contributed by atoms with Crippen LogP contribution in [-0.2, 0) is 4.79 Å². The van der Waals surface area contributed by atoms with Gasteiger partial charge < -0.3 is 15.4 Å². The quantitative estimate of drug-likeness (QED) is 0.887. The molecule has 0 aliphatic carbocycles. The van der Waals surface area contributed by atoms with Gasteiger partial charge in [-0.05, 0) is 43.3 Å². The van der Waals surface area contributed by atoms with Crippen molar-refractivity contribution in [2.45, 2.75) is 13.0 Å². The molecule has 0 saturated heterocycles. The van der Waals surface area contributed by atoms with E-state index in [0.717, 1.165) is 11.4 Å². The molecule has 2 rings (SSSR count). The van der Waals surface area contributed by atoms with E-state index < -0.39 is 11.9 Å². The number of hydrogen-bond donors (Lipinski definition) is 2. The Morgan fingerprint density at radius 2 is 1.81 bits per heavy atom. The van der Waals surface area contributed by atoms with E-state index in [1.54, 1.807) is 38.3 Å². The molecular weight excluding hydrogens is 271 g/mol. The van der Waals surface area contributed by atoms with Gasteiger partial charge in [-0.2, -0.15) is 0 Å².